The van der Waals surface area contributed by atoms with E-state index in [0.29, 0.717) is 11.8 Å². The molecule has 414 valence electrons. The molecule has 0 fully saturated rings. The van der Waals surface area contributed by atoms with E-state index in [4.69, 9.17) is 13.3 Å². The zero-order chi connectivity index (χ0) is 57.2. The van der Waals surface area contributed by atoms with Gasteiger partial charge in [-0.25, -0.2) is 0 Å². The Hall–Kier alpha value is -10.6. The minimum Gasteiger partial charge on any atom is -0.455 e. The van der Waals surface area contributed by atoms with Crippen LogP contribution in [0.1, 0.15) is 33.1 Å². The van der Waals surface area contributed by atoms with Gasteiger partial charge in [0.1, 0.15) is 33.5 Å². The van der Waals surface area contributed by atoms with Crippen LogP contribution in [0.2, 0.25) is 0 Å². The molecule has 13 aromatic rings. The van der Waals surface area contributed by atoms with Gasteiger partial charge in [0.05, 0.1) is 6.04 Å². The summed E-state index contributed by atoms with van der Waals surface area (Å²) in [4.78, 5) is 7.20. The van der Waals surface area contributed by atoms with Crippen LogP contribution >= 0.6 is 0 Å². The molecule has 0 aliphatic heterocycles. The molecule has 3 aliphatic rings. The van der Waals surface area contributed by atoms with Crippen LogP contribution in [-0.2, 0) is 0 Å². The number of furan rings is 3. The minimum atomic E-state index is 0.201. The molecule has 0 radical (unpaired) electrons. The highest BCUT2D eigenvalue weighted by Crippen LogP contribution is 2.47. The maximum Gasteiger partial charge on any atom is 0.143 e. The van der Waals surface area contributed by atoms with E-state index in [1.165, 1.54) is 5.70 Å². The van der Waals surface area contributed by atoms with Crippen molar-refractivity contribution in [3.8, 4) is 33.4 Å². The standard InChI is InChI=1S/C80H61N3O3/c1-52-36-38-61(39-37-52)82(59-25-11-5-12-26-59)63-41-44-76-72(50-63)69-33-18-30-66(79(69)85-76)55-46-54(65-29-17-32-68-71-49-62(40-43-75(71)84-78(65)68)81(57-21-7-3-8-22-57)58-23-9-4-10-24-58)47-56(48-55)67-31-19-34-70-73-51-64(42-45-77(73)86-80(67)70)83(60-27-13-6-14-28-60)74-35-16-15-20-53(74)2/h3-19,21-27,29-36,38-53,60H,20,28,37H2,1-2H3. The smallest absolute Gasteiger partial charge is 0.143 e. The van der Waals surface area contributed by atoms with Gasteiger partial charge in [-0.3, -0.25) is 0 Å². The van der Waals surface area contributed by atoms with Crippen LogP contribution in [-0.4, -0.2) is 6.04 Å². The van der Waals surface area contributed by atoms with E-state index < -0.39 is 0 Å². The monoisotopic (exact) mass is 1110 g/mol. The van der Waals surface area contributed by atoms with E-state index in [1.54, 1.807) is 0 Å². The van der Waals surface area contributed by atoms with Crippen molar-refractivity contribution in [1.82, 2.24) is 0 Å². The predicted molar refractivity (Wildman–Crippen MR) is 359 cm³/mol. The molecular formula is C80H61N3O3. The van der Waals surface area contributed by atoms with E-state index in [9.17, 15) is 0 Å². The van der Waals surface area contributed by atoms with Crippen molar-refractivity contribution in [2.75, 3.05) is 14.7 Å². The molecule has 0 bridgehead atoms. The SMILES string of the molecule is CC1C=CC(N(c2ccccc2)c2ccc3oc4c(-c5cc(-c6cccc7c6oc6ccc(N(c8ccccc8)c8ccccc8)cc67)cc(-c6cccc7c6oc6ccc(N(C8=CC=CCC8C)C8C=CC=CC8)cc67)c5)cccc4c3c2)=CC1. The number of rotatable bonds is 12. The third-order valence-corrected chi connectivity index (χ3v) is 17.7. The van der Waals surface area contributed by atoms with E-state index in [1.807, 2.05) is 0 Å². The fourth-order valence-corrected chi connectivity index (χ4v) is 13.4. The highest BCUT2D eigenvalue weighted by Gasteiger charge is 2.27. The number of allylic oxidation sites excluding steroid dienone is 9. The maximum absolute atomic E-state index is 7.08. The molecule has 3 unspecified atom stereocenters. The number of benzene rings is 10. The van der Waals surface area contributed by atoms with Gasteiger partial charge in [0.25, 0.3) is 0 Å². The van der Waals surface area contributed by atoms with Gasteiger partial charge >= 0.3 is 0 Å². The van der Waals surface area contributed by atoms with Crippen molar-refractivity contribution in [3.63, 3.8) is 0 Å². The van der Waals surface area contributed by atoms with E-state index in [0.717, 1.165) is 158 Å². The van der Waals surface area contributed by atoms with E-state index >= 15 is 0 Å². The molecule has 0 saturated carbocycles. The van der Waals surface area contributed by atoms with Crippen LogP contribution < -0.4 is 14.7 Å². The average Bonchev–Trinajstić information content (AvgIpc) is 2.87. The highest BCUT2D eigenvalue weighted by molar-refractivity contribution is 6.15. The number of fused-ring (bicyclic) bond motifs is 9. The molecule has 0 saturated heterocycles. The number of para-hydroxylation sites is 6. The van der Waals surface area contributed by atoms with Crippen LogP contribution in [0.3, 0.4) is 0 Å². The number of anilines is 6. The summed E-state index contributed by atoms with van der Waals surface area (Å²) >= 11 is 0. The zero-order valence-electron chi connectivity index (χ0n) is 48.0. The largest absolute Gasteiger partial charge is 0.455 e. The van der Waals surface area contributed by atoms with Crippen molar-refractivity contribution < 1.29 is 13.3 Å². The second-order valence-corrected chi connectivity index (χ2v) is 23.2. The Labute approximate surface area is 500 Å². The first-order valence-electron chi connectivity index (χ1n) is 30.1. The van der Waals surface area contributed by atoms with Gasteiger partial charge in [0.15, 0.2) is 0 Å². The molecule has 6 nitrogen and oxygen atoms in total. The second-order valence-electron chi connectivity index (χ2n) is 23.2. The van der Waals surface area contributed by atoms with Crippen LogP contribution in [0.25, 0.3) is 99.2 Å². The van der Waals surface area contributed by atoms with Gasteiger partial charge in [-0.2, -0.15) is 0 Å². The fraction of sp³-hybridized carbons (Fsp3) is 0.100. The first-order chi connectivity index (χ1) is 42.5. The lowest BCUT2D eigenvalue weighted by atomic mass is 9.91. The Kier molecular flexibility index (Phi) is 12.6. The van der Waals surface area contributed by atoms with Gasteiger partial charge < -0.3 is 28.0 Å². The molecule has 86 heavy (non-hydrogen) atoms. The molecule has 0 amide bonds. The van der Waals surface area contributed by atoms with Crippen molar-refractivity contribution in [2.24, 2.45) is 11.8 Å². The van der Waals surface area contributed by atoms with Gasteiger partial charge in [-0.05, 0) is 169 Å². The second kappa shape index (κ2) is 21.3. The summed E-state index contributed by atoms with van der Waals surface area (Å²) in [7, 11) is 0. The summed E-state index contributed by atoms with van der Waals surface area (Å²) < 4.78 is 21.2. The summed E-state index contributed by atoms with van der Waals surface area (Å²) in [6.45, 7) is 4.60. The Bertz CT molecular complexity index is 4930. The lowest BCUT2D eigenvalue weighted by Gasteiger charge is -2.37. The maximum atomic E-state index is 7.08. The average molecular weight is 1110 g/mol. The predicted octanol–water partition coefficient (Wildman–Crippen LogP) is 22.6. The van der Waals surface area contributed by atoms with Gasteiger partial charge in [0, 0.05) is 94.5 Å². The van der Waals surface area contributed by atoms with Crippen LogP contribution in [0.4, 0.5) is 34.1 Å². The summed E-state index contributed by atoms with van der Waals surface area (Å²) in [6, 6.07) is 78.5. The molecule has 3 aromatic heterocycles. The molecule has 6 heteroatoms. The zero-order valence-corrected chi connectivity index (χ0v) is 48.0. The van der Waals surface area contributed by atoms with Gasteiger partial charge in [0.2, 0.25) is 0 Å². The van der Waals surface area contributed by atoms with Crippen molar-refractivity contribution in [1.29, 1.82) is 0 Å². The van der Waals surface area contributed by atoms with Crippen molar-refractivity contribution in [2.45, 2.75) is 39.2 Å². The normalized spacial score (nSPS) is 16.7. The number of hydrogen-bond donors (Lipinski definition) is 0. The highest BCUT2D eigenvalue weighted by atomic mass is 16.3. The molecule has 16 rings (SSSR count). The lowest BCUT2D eigenvalue weighted by Crippen LogP contribution is -2.36. The molecule has 10 aromatic carbocycles. The third kappa shape index (κ3) is 8.96. The first-order valence-corrected chi connectivity index (χ1v) is 30.1. The molecular weight excluding hydrogens is 1050 g/mol. The number of hydrogen-bond acceptors (Lipinski definition) is 6. The summed E-state index contributed by atoms with van der Waals surface area (Å²) in [5.41, 5.74) is 20.1. The van der Waals surface area contributed by atoms with E-state index in [-0.39, 0.29) is 6.04 Å². The minimum absolute atomic E-state index is 0.201. The molecule has 3 heterocycles. The molecule has 0 N–H and O–H groups in total. The van der Waals surface area contributed by atoms with E-state index in [2.05, 4.69) is 308 Å². The quantitative estimate of drug-likeness (QED) is 0.122. The fourth-order valence-electron chi connectivity index (χ4n) is 13.4. The summed E-state index contributed by atoms with van der Waals surface area (Å²) in [6.07, 6.45) is 25.6. The van der Waals surface area contributed by atoms with Crippen molar-refractivity contribution >= 4 is 99.9 Å². The Morgan fingerprint density at radius 3 is 1.30 bits per heavy atom. The van der Waals surface area contributed by atoms with Crippen molar-refractivity contribution in [3.05, 3.63) is 291 Å². The lowest BCUT2D eigenvalue weighted by molar-refractivity contribution is 0.614. The van der Waals surface area contributed by atoms with Crippen LogP contribution in [0.15, 0.2) is 304 Å². The molecule has 3 atom stereocenters. The van der Waals surface area contributed by atoms with Gasteiger partial charge in [-0.1, -0.05) is 172 Å². The Balaban J connectivity index is 0.874. The molecule has 3 aliphatic carbocycles. The van der Waals surface area contributed by atoms with Gasteiger partial charge in [-0.15, -0.1) is 0 Å². The first kappa shape index (κ1) is 51.1. The Morgan fingerprint density at radius 1 is 0.372 bits per heavy atom. The van der Waals surface area contributed by atoms with Crippen LogP contribution in [0, 0.1) is 11.8 Å². The third-order valence-electron chi connectivity index (χ3n) is 17.7. The number of nitrogens with zero attached hydrogens (tertiary/aromatic N) is 3. The molecule has 0 spiro atoms. The Morgan fingerprint density at radius 2 is 0.837 bits per heavy atom. The van der Waals surface area contributed by atoms with Crippen LogP contribution in [0.5, 0.6) is 0 Å². The summed E-state index contributed by atoms with van der Waals surface area (Å²) in [5, 5.41) is 6.35. The topological polar surface area (TPSA) is 49.1 Å². The summed E-state index contributed by atoms with van der Waals surface area (Å²) in [5.74, 6) is 0.880.